The lowest BCUT2D eigenvalue weighted by atomic mass is 9.77. The van der Waals surface area contributed by atoms with Crippen molar-refractivity contribution in [2.24, 2.45) is 5.41 Å². The van der Waals surface area contributed by atoms with E-state index < -0.39 is 0 Å². The Labute approximate surface area is 127 Å². The minimum absolute atomic E-state index is 0.380. The van der Waals surface area contributed by atoms with Crippen LogP contribution in [-0.2, 0) is 0 Å². The number of hydrogen-bond acceptors (Lipinski definition) is 1. The van der Waals surface area contributed by atoms with E-state index in [4.69, 9.17) is 4.74 Å². The van der Waals surface area contributed by atoms with E-state index in [0.717, 1.165) is 10.2 Å². The van der Waals surface area contributed by atoms with Crippen molar-refractivity contribution in [3.63, 3.8) is 0 Å². The van der Waals surface area contributed by atoms with Gasteiger partial charge in [0.25, 0.3) is 0 Å². The molecule has 1 aliphatic carbocycles. The SMILES string of the molecule is CCC1(C(Br)c2cc(Br)ccc2OC)CCCC1. The molecule has 0 heterocycles. The summed E-state index contributed by atoms with van der Waals surface area (Å²) in [5.74, 6) is 0.986. The number of halogens is 2. The molecular formula is C15H20Br2O. The minimum Gasteiger partial charge on any atom is -0.496 e. The fourth-order valence-electron chi connectivity index (χ4n) is 3.10. The highest BCUT2D eigenvalue weighted by Crippen LogP contribution is 2.55. The summed E-state index contributed by atoms with van der Waals surface area (Å²) in [6, 6.07) is 6.27. The maximum atomic E-state index is 5.52. The van der Waals surface area contributed by atoms with E-state index in [1.165, 1.54) is 37.7 Å². The third-order valence-electron chi connectivity index (χ3n) is 4.31. The van der Waals surface area contributed by atoms with Gasteiger partial charge < -0.3 is 4.74 Å². The quantitative estimate of drug-likeness (QED) is 0.598. The van der Waals surface area contributed by atoms with Crippen LogP contribution in [0, 0.1) is 5.41 Å². The van der Waals surface area contributed by atoms with E-state index in [-0.39, 0.29) is 0 Å². The third kappa shape index (κ3) is 2.62. The molecule has 0 radical (unpaired) electrons. The summed E-state index contributed by atoms with van der Waals surface area (Å²) in [5, 5.41) is 0. The number of rotatable bonds is 4. The van der Waals surface area contributed by atoms with Gasteiger partial charge in [0.2, 0.25) is 0 Å². The summed E-state index contributed by atoms with van der Waals surface area (Å²) >= 11 is 7.52. The highest BCUT2D eigenvalue weighted by Gasteiger charge is 2.40. The number of alkyl halides is 1. The number of hydrogen-bond donors (Lipinski definition) is 0. The van der Waals surface area contributed by atoms with E-state index >= 15 is 0 Å². The number of methoxy groups -OCH3 is 1. The molecule has 0 N–H and O–H groups in total. The molecule has 1 aliphatic rings. The minimum atomic E-state index is 0.380. The Bertz CT molecular complexity index is 411. The average molecular weight is 376 g/mol. The normalized spacial score (nSPS) is 19.8. The first kappa shape index (κ1) is 14.4. The van der Waals surface area contributed by atoms with Crippen molar-refractivity contribution >= 4 is 31.9 Å². The van der Waals surface area contributed by atoms with Crippen LogP contribution in [0.5, 0.6) is 5.75 Å². The smallest absolute Gasteiger partial charge is 0.123 e. The lowest BCUT2D eigenvalue weighted by Crippen LogP contribution is -2.21. The summed E-state index contributed by atoms with van der Waals surface area (Å²) in [7, 11) is 1.75. The summed E-state index contributed by atoms with van der Waals surface area (Å²) in [6.45, 7) is 2.31. The third-order valence-corrected chi connectivity index (χ3v) is 6.26. The predicted octanol–water partition coefficient (Wildman–Crippen LogP) is 5.86. The van der Waals surface area contributed by atoms with Gasteiger partial charge in [-0.05, 0) is 42.9 Å². The first-order valence-corrected chi connectivity index (χ1v) is 8.31. The molecule has 1 aromatic carbocycles. The van der Waals surface area contributed by atoms with E-state index in [1.807, 2.05) is 12.1 Å². The van der Waals surface area contributed by atoms with Gasteiger partial charge in [-0.15, -0.1) is 0 Å². The van der Waals surface area contributed by atoms with Crippen molar-refractivity contribution in [1.29, 1.82) is 0 Å². The zero-order valence-corrected chi connectivity index (χ0v) is 14.2. The number of ether oxygens (including phenoxy) is 1. The monoisotopic (exact) mass is 374 g/mol. The largest absolute Gasteiger partial charge is 0.496 e. The summed E-state index contributed by atoms with van der Waals surface area (Å²) in [6.07, 6.45) is 6.56. The predicted molar refractivity (Wildman–Crippen MR) is 83.6 cm³/mol. The topological polar surface area (TPSA) is 9.23 Å². The lowest BCUT2D eigenvalue weighted by molar-refractivity contribution is 0.274. The molecule has 2 rings (SSSR count). The Morgan fingerprint density at radius 2 is 2.00 bits per heavy atom. The van der Waals surface area contributed by atoms with Crippen LogP contribution >= 0.6 is 31.9 Å². The molecule has 1 unspecified atom stereocenters. The van der Waals surface area contributed by atoms with Crippen LogP contribution in [0.4, 0.5) is 0 Å². The van der Waals surface area contributed by atoms with Gasteiger partial charge in [-0.2, -0.15) is 0 Å². The van der Waals surface area contributed by atoms with Crippen LogP contribution in [0.15, 0.2) is 22.7 Å². The Morgan fingerprint density at radius 1 is 1.33 bits per heavy atom. The molecule has 1 fully saturated rings. The van der Waals surface area contributed by atoms with Crippen molar-refractivity contribution in [2.45, 2.75) is 43.9 Å². The molecule has 0 amide bonds. The maximum absolute atomic E-state index is 5.52. The first-order valence-electron chi connectivity index (χ1n) is 6.60. The van der Waals surface area contributed by atoms with Crippen molar-refractivity contribution in [1.82, 2.24) is 0 Å². The second-order valence-corrected chi connectivity index (χ2v) is 7.00. The fraction of sp³-hybridized carbons (Fsp3) is 0.600. The zero-order chi connectivity index (χ0) is 13.2. The Hall–Kier alpha value is -0.0200. The summed E-state index contributed by atoms with van der Waals surface area (Å²) in [5.41, 5.74) is 1.67. The van der Waals surface area contributed by atoms with Crippen molar-refractivity contribution in [3.05, 3.63) is 28.2 Å². The molecule has 0 spiro atoms. The molecule has 1 atom stereocenters. The van der Waals surface area contributed by atoms with Crippen molar-refractivity contribution in [3.8, 4) is 5.75 Å². The van der Waals surface area contributed by atoms with Gasteiger partial charge in [-0.1, -0.05) is 51.6 Å². The molecule has 0 aliphatic heterocycles. The fourth-order valence-corrected chi connectivity index (χ4v) is 4.62. The van der Waals surface area contributed by atoms with Crippen LogP contribution in [0.1, 0.15) is 49.4 Å². The van der Waals surface area contributed by atoms with E-state index in [2.05, 4.69) is 44.8 Å². The maximum Gasteiger partial charge on any atom is 0.123 e. The molecule has 18 heavy (non-hydrogen) atoms. The number of benzene rings is 1. The van der Waals surface area contributed by atoms with Gasteiger partial charge in [0.05, 0.1) is 7.11 Å². The van der Waals surface area contributed by atoms with Crippen LogP contribution in [-0.4, -0.2) is 7.11 Å². The molecule has 1 nitrogen and oxygen atoms in total. The van der Waals surface area contributed by atoms with Gasteiger partial charge in [0.15, 0.2) is 0 Å². The molecule has 100 valence electrons. The lowest BCUT2D eigenvalue weighted by Gasteiger charge is -2.34. The summed E-state index contributed by atoms with van der Waals surface area (Å²) < 4.78 is 6.64. The summed E-state index contributed by atoms with van der Waals surface area (Å²) in [4.78, 5) is 0.380. The van der Waals surface area contributed by atoms with Crippen LogP contribution in [0.3, 0.4) is 0 Å². The van der Waals surface area contributed by atoms with Gasteiger partial charge >= 0.3 is 0 Å². The van der Waals surface area contributed by atoms with Crippen LogP contribution in [0.2, 0.25) is 0 Å². The Kier molecular flexibility index (Phi) is 4.76. The van der Waals surface area contributed by atoms with Gasteiger partial charge in [0, 0.05) is 14.9 Å². The average Bonchev–Trinajstić information content (AvgIpc) is 2.87. The molecule has 0 aromatic heterocycles. The molecule has 0 bridgehead atoms. The highest BCUT2D eigenvalue weighted by molar-refractivity contribution is 9.10. The van der Waals surface area contributed by atoms with Crippen LogP contribution in [0.25, 0.3) is 0 Å². The first-order chi connectivity index (χ1) is 8.63. The van der Waals surface area contributed by atoms with Crippen molar-refractivity contribution in [2.75, 3.05) is 7.11 Å². The second kappa shape index (κ2) is 5.96. The standard InChI is InChI=1S/C15H20Br2O/c1-3-15(8-4-5-9-15)14(17)12-10-11(16)6-7-13(12)18-2/h6-7,10,14H,3-5,8-9H2,1-2H3. The van der Waals surface area contributed by atoms with E-state index in [0.29, 0.717) is 10.2 Å². The zero-order valence-electron chi connectivity index (χ0n) is 11.0. The van der Waals surface area contributed by atoms with Gasteiger partial charge in [0.1, 0.15) is 5.75 Å². The second-order valence-electron chi connectivity index (χ2n) is 5.17. The Balaban J connectivity index is 2.37. The molecule has 3 heteroatoms. The molecule has 1 saturated carbocycles. The van der Waals surface area contributed by atoms with Crippen LogP contribution < -0.4 is 4.74 Å². The van der Waals surface area contributed by atoms with Gasteiger partial charge in [-0.25, -0.2) is 0 Å². The molecular weight excluding hydrogens is 356 g/mol. The van der Waals surface area contributed by atoms with E-state index in [9.17, 15) is 0 Å². The van der Waals surface area contributed by atoms with Gasteiger partial charge in [-0.3, -0.25) is 0 Å². The highest BCUT2D eigenvalue weighted by atomic mass is 79.9. The molecule has 0 saturated heterocycles. The molecule has 1 aromatic rings. The Morgan fingerprint density at radius 3 is 2.56 bits per heavy atom. The van der Waals surface area contributed by atoms with E-state index in [1.54, 1.807) is 7.11 Å². The van der Waals surface area contributed by atoms with Crippen molar-refractivity contribution < 1.29 is 4.74 Å².